The summed E-state index contributed by atoms with van der Waals surface area (Å²) >= 11 is 0. The minimum atomic E-state index is -1.07. The second-order valence-electron chi connectivity index (χ2n) is 7.93. The van der Waals surface area contributed by atoms with Crippen LogP contribution in [0.25, 0.3) is 0 Å². The SMILES string of the molecule is Cc1ccccc1N1CC(O)(c2ccc3c(c2)OCCO3)[N+]2=C1CCCCC2.[Br-]. The van der Waals surface area contributed by atoms with Gasteiger partial charge in [-0.25, -0.2) is 9.48 Å². The number of nitrogens with zero attached hydrogens (tertiary/aromatic N) is 2. The van der Waals surface area contributed by atoms with Crippen LogP contribution < -0.4 is 31.4 Å². The molecule has 29 heavy (non-hydrogen) atoms. The molecule has 0 fully saturated rings. The van der Waals surface area contributed by atoms with Crippen molar-refractivity contribution in [3.8, 4) is 11.5 Å². The van der Waals surface area contributed by atoms with E-state index in [0.29, 0.717) is 19.8 Å². The average Bonchev–Trinajstić information content (AvgIpc) is 2.88. The molecule has 3 aliphatic heterocycles. The molecule has 5 rings (SSSR count). The number of ether oxygens (including phenoxy) is 2. The normalized spacial score (nSPS) is 23.3. The summed E-state index contributed by atoms with van der Waals surface area (Å²) in [5.74, 6) is 2.71. The number of β-amino-alcohol motifs (C(OH)–C–C–N with tert-alkyl or cyclic N) is 1. The monoisotopic (exact) mass is 458 g/mol. The van der Waals surface area contributed by atoms with Gasteiger partial charge in [-0.2, -0.15) is 0 Å². The Balaban J connectivity index is 0.00000205. The van der Waals surface area contributed by atoms with E-state index in [1.807, 2.05) is 18.2 Å². The van der Waals surface area contributed by atoms with Gasteiger partial charge in [0.1, 0.15) is 18.9 Å². The van der Waals surface area contributed by atoms with Crippen LogP contribution >= 0.6 is 0 Å². The Morgan fingerprint density at radius 1 is 1.00 bits per heavy atom. The summed E-state index contributed by atoms with van der Waals surface area (Å²) in [7, 11) is 0. The average molecular weight is 459 g/mol. The summed E-state index contributed by atoms with van der Waals surface area (Å²) in [5, 5.41) is 12.0. The maximum Gasteiger partial charge on any atom is 0.271 e. The van der Waals surface area contributed by atoms with Crippen LogP contribution in [0.5, 0.6) is 11.5 Å². The van der Waals surface area contributed by atoms with Gasteiger partial charge in [-0.3, -0.25) is 0 Å². The van der Waals surface area contributed by atoms with E-state index in [0.717, 1.165) is 42.9 Å². The summed E-state index contributed by atoms with van der Waals surface area (Å²) in [6.07, 6.45) is 4.43. The van der Waals surface area contributed by atoms with Crippen LogP contribution in [0.4, 0.5) is 5.69 Å². The van der Waals surface area contributed by atoms with E-state index in [4.69, 9.17) is 9.47 Å². The third-order valence-corrected chi connectivity index (χ3v) is 6.14. The van der Waals surface area contributed by atoms with Gasteiger partial charge in [-0.05, 0) is 56.0 Å². The lowest BCUT2D eigenvalue weighted by molar-refractivity contribution is -0.658. The summed E-state index contributed by atoms with van der Waals surface area (Å²) < 4.78 is 13.7. The predicted octanol–water partition coefficient (Wildman–Crippen LogP) is 0.421. The molecular formula is C23H27BrN2O3. The highest BCUT2D eigenvalue weighted by Gasteiger charge is 2.52. The van der Waals surface area contributed by atoms with Crippen molar-refractivity contribution in [3.05, 3.63) is 53.6 Å². The fourth-order valence-electron chi connectivity index (χ4n) is 4.70. The van der Waals surface area contributed by atoms with Crippen LogP contribution in [0.1, 0.15) is 36.8 Å². The van der Waals surface area contributed by atoms with Crippen molar-refractivity contribution in [2.75, 3.05) is 31.2 Å². The molecule has 3 aliphatic rings. The zero-order chi connectivity index (χ0) is 19.1. The van der Waals surface area contributed by atoms with Crippen LogP contribution in [0.15, 0.2) is 42.5 Å². The fraction of sp³-hybridized carbons (Fsp3) is 0.435. The molecule has 0 saturated carbocycles. The van der Waals surface area contributed by atoms with Crippen LogP contribution in [-0.2, 0) is 5.72 Å². The van der Waals surface area contributed by atoms with E-state index in [9.17, 15) is 5.11 Å². The number of hydrogen-bond acceptors (Lipinski definition) is 4. The number of benzene rings is 2. The van der Waals surface area contributed by atoms with Crippen molar-refractivity contribution in [3.63, 3.8) is 0 Å². The molecule has 154 valence electrons. The van der Waals surface area contributed by atoms with E-state index in [1.54, 1.807) is 0 Å². The predicted molar refractivity (Wildman–Crippen MR) is 108 cm³/mol. The Labute approximate surface area is 182 Å². The molecule has 1 N–H and O–H groups in total. The number of para-hydroxylation sites is 1. The minimum Gasteiger partial charge on any atom is -1.00 e. The number of fused-ring (bicyclic) bond motifs is 1. The Bertz CT molecular complexity index is 945. The zero-order valence-electron chi connectivity index (χ0n) is 16.7. The van der Waals surface area contributed by atoms with Crippen molar-refractivity contribution >= 4 is 11.5 Å². The van der Waals surface area contributed by atoms with Gasteiger partial charge in [0, 0.05) is 12.0 Å². The molecule has 0 spiro atoms. The number of aliphatic hydroxyl groups is 1. The smallest absolute Gasteiger partial charge is 0.271 e. The molecule has 0 aromatic heterocycles. The van der Waals surface area contributed by atoms with Gasteiger partial charge in [0.05, 0.1) is 6.54 Å². The topological polar surface area (TPSA) is 44.9 Å². The number of anilines is 1. The standard InChI is InChI=1S/C23H27N2O3.BrH/c1-17-7-4-5-8-19(17)24-16-23(26,25-12-6-2-3-9-22(24)25)18-10-11-20-21(15-18)28-14-13-27-20;/h4-5,7-8,10-11,15,26H,2-3,6,9,12-14,16H2,1H3;1H/q+1;/p-1. The highest BCUT2D eigenvalue weighted by molar-refractivity contribution is 5.96. The number of halogens is 1. The van der Waals surface area contributed by atoms with Gasteiger partial charge in [0.25, 0.3) is 11.6 Å². The highest BCUT2D eigenvalue weighted by atomic mass is 79.9. The number of hydrogen-bond donors (Lipinski definition) is 1. The molecule has 0 bridgehead atoms. The van der Waals surface area contributed by atoms with Crippen molar-refractivity contribution in [2.24, 2.45) is 0 Å². The highest BCUT2D eigenvalue weighted by Crippen LogP contribution is 2.40. The first kappa shape index (κ1) is 20.2. The summed E-state index contributed by atoms with van der Waals surface area (Å²) in [4.78, 5) is 2.32. The Morgan fingerprint density at radius 2 is 1.79 bits per heavy atom. The lowest BCUT2D eigenvalue weighted by Crippen LogP contribution is -3.00. The van der Waals surface area contributed by atoms with Crippen LogP contribution in [0, 0.1) is 6.92 Å². The maximum atomic E-state index is 12.0. The first-order valence-electron chi connectivity index (χ1n) is 10.3. The quantitative estimate of drug-likeness (QED) is 0.662. The third-order valence-electron chi connectivity index (χ3n) is 6.14. The van der Waals surface area contributed by atoms with Gasteiger partial charge in [0.15, 0.2) is 18.0 Å². The van der Waals surface area contributed by atoms with Gasteiger partial charge in [0.2, 0.25) is 0 Å². The second kappa shape index (κ2) is 8.00. The summed E-state index contributed by atoms with van der Waals surface area (Å²) in [5.41, 5.74) is 2.20. The van der Waals surface area contributed by atoms with E-state index in [2.05, 4.69) is 40.7 Å². The summed E-state index contributed by atoms with van der Waals surface area (Å²) in [6, 6.07) is 14.3. The molecule has 3 heterocycles. The van der Waals surface area contributed by atoms with Crippen molar-refractivity contribution < 1.29 is 36.1 Å². The molecule has 1 atom stereocenters. The van der Waals surface area contributed by atoms with Crippen LogP contribution in [-0.4, -0.2) is 41.8 Å². The second-order valence-corrected chi connectivity index (χ2v) is 7.93. The number of amidine groups is 1. The van der Waals surface area contributed by atoms with Crippen molar-refractivity contribution in [1.29, 1.82) is 0 Å². The van der Waals surface area contributed by atoms with Crippen molar-refractivity contribution in [1.82, 2.24) is 0 Å². The first-order valence-corrected chi connectivity index (χ1v) is 10.3. The van der Waals surface area contributed by atoms with Gasteiger partial charge < -0.3 is 31.6 Å². The molecule has 5 nitrogen and oxygen atoms in total. The molecule has 2 aromatic rings. The lowest BCUT2D eigenvalue weighted by Gasteiger charge is -2.26. The van der Waals surface area contributed by atoms with E-state index < -0.39 is 5.72 Å². The first-order chi connectivity index (χ1) is 13.7. The summed E-state index contributed by atoms with van der Waals surface area (Å²) in [6.45, 7) is 4.64. The minimum absolute atomic E-state index is 0. The molecule has 1 unspecified atom stereocenters. The molecule has 0 radical (unpaired) electrons. The van der Waals surface area contributed by atoms with Gasteiger partial charge >= 0.3 is 0 Å². The number of aryl methyl sites for hydroxylation is 1. The Kier molecular flexibility index (Phi) is 5.58. The lowest BCUT2D eigenvalue weighted by atomic mass is 10.0. The molecule has 2 aromatic carbocycles. The molecule has 6 heteroatoms. The van der Waals surface area contributed by atoms with Crippen molar-refractivity contribution in [2.45, 2.75) is 38.3 Å². The molecule has 0 aliphatic carbocycles. The van der Waals surface area contributed by atoms with Gasteiger partial charge in [-0.15, -0.1) is 0 Å². The van der Waals surface area contributed by atoms with E-state index >= 15 is 0 Å². The number of rotatable bonds is 2. The largest absolute Gasteiger partial charge is 1.00 e. The molecular weight excluding hydrogens is 432 g/mol. The molecule has 0 saturated heterocycles. The zero-order valence-corrected chi connectivity index (χ0v) is 18.3. The Morgan fingerprint density at radius 3 is 2.62 bits per heavy atom. The fourth-order valence-corrected chi connectivity index (χ4v) is 4.70. The van der Waals surface area contributed by atoms with Gasteiger partial charge in [-0.1, -0.05) is 18.2 Å². The van der Waals surface area contributed by atoms with E-state index in [1.165, 1.54) is 23.5 Å². The van der Waals surface area contributed by atoms with Crippen LogP contribution in [0.2, 0.25) is 0 Å². The Hall–Kier alpha value is -2.05. The molecule has 0 amide bonds. The van der Waals surface area contributed by atoms with Crippen LogP contribution in [0.3, 0.4) is 0 Å². The van der Waals surface area contributed by atoms with E-state index in [-0.39, 0.29) is 17.0 Å². The third kappa shape index (κ3) is 3.42. The maximum absolute atomic E-state index is 12.0.